The Balaban J connectivity index is 1.91. The van der Waals surface area contributed by atoms with Crippen LogP contribution in [-0.4, -0.2) is 12.6 Å². The van der Waals surface area contributed by atoms with Gasteiger partial charge < -0.3 is 4.74 Å². The molecule has 0 spiro atoms. The molecule has 1 heterocycles. The molecule has 0 unspecified atom stereocenters. The lowest BCUT2D eigenvalue weighted by Crippen LogP contribution is -2.14. The lowest BCUT2D eigenvalue weighted by atomic mass is 9.96. The van der Waals surface area contributed by atoms with Crippen molar-refractivity contribution < 1.29 is 9.53 Å². The van der Waals surface area contributed by atoms with Crippen LogP contribution in [0.5, 0.6) is 0 Å². The number of ether oxygens (including phenoxy) is 1. The Hall–Kier alpha value is -1.57. The van der Waals surface area contributed by atoms with Crippen LogP contribution in [0, 0.1) is 16.7 Å². The summed E-state index contributed by atoms with van der Waals surface area (Å²) in [6.45, 7) is 4.83. The van der Waals surface area contributed by atoms with E-state index in [1.165, 1.54) is 0 Å². The van der Waals surface area contributed by atoms with Crippen molar-refractivity contribution >= 4 is 12.0 Å². The number of fused-ring (bicyclic) bond motifs is 1. The van der Waals surface area contributed by atoms with Crippen LogP contribution in [0.25, 0.3) is 6.08 Å². The molecule has 3 atom stereocenters. The number of cyclic esters (lactones) is 1. The number of hydrogen-bond donors (Lipinski definition) is 0. The van der Waals surface area contributed by atoms with Crippen molar-refractivity contribution in [3.8, 4) is 0 Å². The molecule has 0 amide bonds. The van der Waals surface area contributed by atoms with E-state index in [1.54, 1.807) is 0 Å². The molecule has 0 aromatic heterocycles. The maximum absolute atomic E-state index is 11.9. The zero-order valence-corrected chi connectivity index (χ0v) is 10.1. The summed E-state index contributed by atoms with van der Waals surface area (Å²) in [4.78, 5) is 11.9. The molecule has 2 nitrogen and oxygen atoms in total. The van der Waals surface area contributed by atoms with Gasteiger partial charge in [0.25, 0.3) is 0 Å². The van der Waals surface area contributed by atoms with Crippen LogP contribution in [0.2, 0.25) is 0 Å². The Kier molecular flexibility index (Phi) is 2.00. The van der Waals surface area contributed by atoms with Gasteiger partial charge in [-0.2, -0.15) is 0 Å². The van der Waals surface area contributed by atoms with Gasteiger partial charge in [0.15, 0.2) is 0 Å². The van der Waals surface area contributed by atoms with Crippen molar-refractivity contribution in [2.24, 2.45) is 16.7 Å². The number of benzene rings is 1. The maximum Gasteiger partial charge on any atom is 0.316 e. The molecule has 1 aliphatic carbocycles. The lowest BCUT2D eigenvalue weighted by molar-refractivity contribution is -0.144. The van der Waals surface area contributed by atoms with Gasteiger partial charge >= 0.3 is 5.97 Å². The van der Waals surface area contributed by atoms with E-state index in [4.69, 9.17) is 4.74 Å². The summed E-state index contributed by atoms with van der Waals surface area (Å²) in [6, 6.07) is 10.1. The Morgan fingerprint density at radius 3 is 2.65 bits per heavy atom. The Bertz CT molecular complexity index is 491. The predicted octanol–water partition coefficient (Wildman–Crippen LogP) is 2.90. The first-order valence-electron chi connectivity index (χ1n) is 6.03. The molecule has 1 saturated heterocycles. The van der Waals surface area contributed by atoms with Gasteiger partial charge in [-0.3, -0.25) is 4.79 Å². The zero-order chi connectivity index (χ0) is 12.1. The second-order valence-corrected chi connectivity index (χ2v) is 5.33. The van der Waals surface area contributed by atoms with Gasteiger partial charge in [0.1, 0.15) is 0 Å². The van der Waals surface area contributed by atoms with Crippen molar-refractivity contribution in [2.45, 2.75) is 13.8 Å². The van der Waals surface area contributed by atoms with Crippen molar-refractivity contribution in [3.63, 3.8) is 0 Å². The first-order valence-corrected chi connectivity index (χ1v) is 6.03. The quantitative estimate of drug-likeness (QED) is 0.727. The smallest absolute Gasteiger partial charge is 0.316 e. The molecule has 1 aliphatic heterocycles. The van der Waals surface area contributed by atoms with Crippen LogP contribution in [0.1, 0.15) is 19.4 Å². The standard InChI is InChI=1S/C15H16O2/c1-11-14(2)10-17-13(16)15(11,14)9-8-12-6-4-3-5-7-12/h3-9,11H,10H2,1-2H3/b9-8+/t11-,14-,15-/m1/s1. The van der Waals surface area contributed by atoms with Crippen LogP contribution in [0.3, 0.4) is 0 Å². The number of rotatable bonds is 2. The van der Waals surface area contributed by atoms with E-state index in [2.05, 4.69) is 13.8 Å². The highest BCUT2D eigenvalue weighted by Gasteiger charge is 2.79. The van der Waals surface area contributed by atoms with Gasteiger partial charge in [-0.1, -0.05) is 56.3 Å². The fourth-order valence-corrected chi connectivity index (χ4v) is 3.14. The lowest BCUT2D eigenvalue weighted by Gasteiger charge is -2.05. The van der Waals surface area contributed by atoms with E-state index < -0.39 is 0 Å². The van der Waals surface area contributed by atoms with Gasteiger partial charge in [0.2, 0.25) is 0 Å². The third kappa shape index (κ3) is 1.18. The fraction of sp³-hybridized carbons (Fsp3) is 0.400. The molecule has 2 heteroatoms. The number of carbonyl (C=O) groups excluding carboxylic acids is 1. The highest BCUT2D eigenvalue weighted by Crippen LogP contribution is 2.73. The van der Waals surface area contributed by atoms with E-state index in [0.717, 1.165) is 5.56 Å². The summed E-state index contributed by atoms with van der Waals surface area (Å²) in [6.07, 6.45) is 4.08. The summed E-state index contributed by atoms with van der Waals surface area (Å²) in [7, 11) is 0. The largest absolute Gasteiger partial charge is 0.464 e. The molecule has 1 saturated carbocycles. The second kappa shape index (κ2) is 3.22. The minimum Gasteiger partial charge on any atom is -0.464 e. The summed E-state index contributed by atoms with van der Waals surface area (Å²) in [5.41, 5.74) is 0.765. The maximum atomic E-state index is 11.9. The molecule has 1 aromatic rings. The molecular weight excluding hydrogens is 212 g/mol. The SMILES string of the molecule is C[C@H]1[C@]2(/C=C/c3ccccc3)C(=O)OC[C@]12C. The monoisotopic (exact) mass is 228 g/mol. The fourth-order valence-electron chi connectivity index (χ4n) is 3.14. The summed E-state index contributed by atoms with van der Waals surface area (Å²) >= 11 is 0. The van der Waals surface area contributed by atoms with Crippen LogP contribution < -0.4 is 0 Å². The third-order valence-electron chi connectivity index (χ3n) is 4.68. The molecule has 2 fully saturated rings. The van der Waals surface area contributed by atoms with Gasteiger partial charge in [0, 0.05) is 5.41 Å². The molecule has 17 heavy (non-hydrogen) atoms. The van der Waals surface area contributed by atoms with Crippen LogP contribution in [0.15, 0.2) is 36.4 Å². The summed E-state index contributed by atoms with van der Waals surface area (Å²) < 4.78 is 5.19. The molecule has 0 bridgehead atoms. The number of carbonyl (C=O) groups is 1. The molecule has 3 rings (SSSR count). The first-order chi connectivity index (χ1) is 8.11. The van der Waals surface area contributed by atoms with Crippen molar-refractivity contribution in [1.29, 1.82) is 0 Å². The third-order valence-corrected chi connectivity index (χ3v) is 4.68. The molecule has 2 aliphatic rings. The minimum atomic E-state index is -0.372. The number of hydrogen-bond acceptors (Lipinski definition) is 2. The predicted molar refractivity (Wildman–Crippen MR) is 66.1 cm³/mol. The highest BCUT2D eigenvalue weighted by molar-refractivity contribution is 5.89. The van der Waals surface area contributed by atoms with E-state index in [0.29, 0.717) is 12.5 Å². The van der Waals surface area contributed by atoms with E-state index in [9.17, 15) is 4.79 Å². The zero-order valence-electron chi connectivity index (χ0n) is 10.1. The van der Waals surface area contributed by atoms with E-state index in [-0.39, 0.29) is 16.8 Å². The second-order valence-electron chi connectivity index (χ2n) is 5.33. The molecule has 88 valence electrons. The van der Waals surface area contributed by atoms with Gasteiger partial charge in [-0.05, 0) is 11.5 Å². The normalized spacial score (nSPS) is 39.2. The van der Waals surface area contributed by atoms with Crippen molar-refractivity contribution in [3.05, 3.63) is 42.0 Å². The summed E-state index contributed by atoms with van der Waals surface area (Å²) in [5.74, 6) is 0.330. The Morgan fingerprint density at radius 1 is 1.35 bits per heavy atom. The molecule has 0 N–H and O–H groups in total. The van der Waals surface area contributed by atoms with Crippen LogP contribution in [0.4, 0.5) is 0 Å². The molecule has 0 radical (unpaired) electrons. The minimum absolute atomic E-state index is 0.00929. The van der Waals surface area contributed by atoms with Gasteiger partial charge in [-0.15, -0.1) is 0 Å². The van der Waals surface area contributed by atoms with E-state index >= 15 is 0 Å². The number of esters is 1. The van der Waals surface area contributed by atoms with E-state index in [1.807, 2.05) is 42.5 Å². The first kappa shape index (κ1) is 10.6. The summed E-state index contributed by atoms with van der Waals surface area (Å²) in [5, 5.41) is 0. The molecule has 1 aromatic carbocycles. The molecular formula is C15H16O2. The average Bonchev–Trinajstić information content (AvgIpc) is 2.68. The average molecular weight is 228 g/mol. The Morgan fingerprint density at radius 2 is 2.06 bits per heavy atom. The van der Waals surface area contributed by atoms with Gasteiger partial charge in [-0.25, -0.2) is 0 Å². The van der Waals surface area contributed by atoms with Crippen LogP contribution in [-0.2, 0) is 9.53 Å². The van der Waals surface area contributed by atoms with Crippen LogP contribution >= 0.6 is 0 Å². The van der Waals surface area contributed by atoms with Crippen molar-refractivity contribution in [1.82, 2.24) is 0 Å². The van der Waals surface area contributed by atoms with Crippen molar-refractivity contribution in [2.75, 3.05) is 6.61 Å². The Labute approximate surface area is 101 Å². The highest BCUT2D eigenvalue weighted by atomic mass is 16.5. The topological polar surface area (TPSA) is 26.3 Å². The van der Waals surface area contributed by atoms with Gasteiger partial charge in [0.05, 0.1) is 12.0 Å².